The molecule has 24 heavy (non-hydrogen) atoms. The smallest absolute Gasteiger partial charge is 0.240 e. The van der Waals surface area contributed by atoms with E-state index in [-0.39, 0.29) is 35.9 Å². The van der Waals surface area contributed by atoms with Gasteiger partial charge in [0.25, 0.3) is 0 Å². The monoisotopic (exact) mass is 352 g/mol. The maximum atomic E-state index is 12.4. The Kier molecular flexibility index (Phi) is 6.12. The highest BCUT2D eigenvalue weighted by Gasteiger charge is 2.32. The van der Waals surface area contributed by atoms with Crippen molar-refractivity contribution in [3.05, 3.63) is 11.1 Å². The van der Waals surface area contributed by atoms with Crippen LogP contribution in [0.5, 0.6) is 0 Å². The summed E-state index contributed by atoms with van der Waals surface area (Å²) in [5, 5.41) is 3.66. The van der Waals surface area contributed by atoms with E-state index in [0.29, 0.717) is 10.9 Å². The molecule has 0 radical (unpaired) electrons. The molecule has 5 nitrogen and oxygen atoms in total. The Hall–Kier alpha value is -1.30. The first kappa shape index (κ1) is 19.0. The van der Waals surface area contributed by atoms with Gasteiger partial charge in [-0.25, -0.2) is 0 Å². The number of hydrogen-bond acceptors (Lipinski definition) is 4. The molecule has 2 atom stereocenters. The van der Waals surface area contributed by atoms with Gasteiger partial charge in [0, 0.05) is 17.5 Å². The lowest BCUT2D eigenvalue weighted by Gasteiger charge is -2.30. The van der Waals surface area contributed by atoms with Gasteiger partial charge >= 0.3 is 0 Å². The molecule has 1 aliphatic carbocycles. The summed E-state index contributed by atoms with van der Waals surface area (Å²) >= 11 is 1.33. The number of allylic oxidation sites excluding steroid dienone is 1. The molecule has 0 unspecified atom stereocenters. The van der Waals surface area contributed by atoms with Gasteiger partial charge in [-0.05, 0) is 18.8 Å². The van der Waals surface area contributed by atoms with E-state index in [4.69, 9.17) is 0 Å². The third-order valence-corrected chi connectivity index (χ3v) is 5.69. The molecule has 0 bridgehead atoms. The normalized spacial score (nSPS) is 26.8. The van der Waals surface area contributed by atoms with Crippen molar-refractivity contribution in [2.24, 2.45) is 11.3 Å². The van der Waals surface area contributed by atoms with Gasteiger partial charge in [0.15, 0.2) is 5.78 Å². The Labute approximate surface area is 148 Å². The van der Waals surface area contributed by atoms with Crippen LogP contribution in [0.2, 0.25) is 0 Å². The standard InChI is InChI=1S/C18H28N2O3S/c1-12-7-5-6-8-13(12)19-15(22)10-20-16(23)11-24-17(20)9-14(21)18(2,3)4/h9,12-13H,5-8,10-11H2,1-4H3,(H,19,22)/b17-9+/t12-,13-/m1/s1. The van der Waals surface area contributed by atoms with Gasteiger partial charge in [-0.15, -0.1) is 0 Å². The molecule has 1 saturated carbocycles. The molecule has 2 amide bonds. The Morgan fingerprint density at radius 2 is 1.96 bits per heavy atom. The number of amides is 2. The molecular formula is C18H28N2O3S. The van der Waals surface area contributed by atoms with Gasteiger partial charge < -0.3 is 5.32 Å². The van der Waals surface area contributed by atoms with E-state index in [1.54, 1.807) is 0 Å². The van der Waals surface area contributed by atoms with Gasteiger partial charge in [-0.2, -0.15) is 0 Å². The molecule has 6 heteroatoms. The first-order valence-corrected chi connectivity index (χ1v) is 9.65. The van der Waals surface area contributed by atoms with Crippen LogP contribution in [-0.4, -0.2) is 40.8 Å². The zero-order valence-electron chi connectivity index (χ0n) is 15.1. The molecule has 0 aromatic heterocycles. The van der Waals surface area contributed by atoms with Gasteiger partial charge in [-0.1, -0.05) is 52.3 Å². The van der Waals surface area contributed by atoms with Gasteiger partial charge in [0.05, 0.1) is 10.8 Å². The molecule has 1 saturated heterocycles. The number of carbonyl (C=O) groups is 3. The van der Waals surface area contributed by atoms with Crippen molar-refractivity contribution >= 4 is 29.4 Å². The largest absolute Gasteiger partial charge is 0.352 e. The summed E-state index contributed by atoms with van der Waals surface area (Å²) in [4.78, 5) is 38.1. The summed E-state index contributed by atoms with van der Waals surface area (Å²) in [6, 6.07) is 0.195. The quantitative estimate of drug-likeness (QED) is 0.790. The van der Waals surface area contributed by atoms with E-state index in [1.165, 1.54) is 29.2 Å². The van der Waals surface area contributed by atoms with Crippen LogP contribution in [0.15, 0.2) is 11.1 Å². The third-order valence-electron chi connectivity index (χ3n) is 4.66. The van der Waals surface area contributed by atoms with Crippen LogP contribution < -0.4 is 5.32 Å². The zero-order valence-corrected chi connectivity index (χ0v) is 15.9. The lowest BCUT2D eigenvalue weighted by Crippen LogP contribution is -2.45. The number of nitrogens with one attached hydrogen (secondary N) is 1. The molecule has 134 valence electrons. The maximum Gasteiger partial charge on any atom is 0.240 e. The van der Waals surface area contributed by atoms with E-state index < -0.39 is 5.41 Å². The minimum absolute atomic E-state index is 0.00168. The van der Waals surface area contributed by atoms with Crippen molar-refractivity contribution in [1.29, 1.82) is 0 Å². The summed E-state index contributed by atoms with van der Waals surface area (Å²) in [5.74, 6) is 0.476. The second-order valence-electron chi connectivity index (χ2n) is 7.80. The van der Waals surface area contributed by atoms with E-state index in [2.05, 4.69) is 12.2 Å². The van der Waals surface area contributed by atoms with Gasteiger partial charge in [0.2, 0.25) is 11.8 Å². The van der Waals surface area contributed by atoms with Crippen molar-refractivity contribution in [2.75, 3.05) is 12.3 Å². The number of ketones is 1. The fourth-order valence-electron chi connectivity index (χ4n) is 2.96. The number of thioether (sulfide) groups is 1. The summed E-state index contributed by atoms with van der Waals surface area (Å²) in [6.45, 7) is 7.69. The highest BCUT2D eigenvalue weighted by molar-refractivity contribution is 8.04. The summed E-state index contributed by atoms with van der Waals surface area (Å²) in [6.07, 6.45) is 6.00. The van der Waals surface area contributed by atoms with E-state index in [1.807, 2.05) is 20.8 Å². The van der Waals surface area contributed by atoms with E-state index >= 15 is 0 Å². The molecule has 1 N–H and O–H groups in total. The van der Waals surface area contributed by atoms with Crippen molar-refractivity contribution in [2.45, 2.75) is 59.4 Å². The first-order chi connectivity index (χ1) is 11.2. The molecule has 1 aliphatic heterocycles. The molecular weight excluding hydrogens is 324 g/mol. The second-order valence-corrected chi connectivity index (χ2v) is 8.80. The third kappa shape index (κ3) is 4.85. The van der Waals surface area contributed by atoms with Crippen molar-refractivity contribution in [1.82, 2.24) is 10.2 Å². The maximum absolute atomic E-state index is 12.4. The van der Waals surface area contributed by atoms with Crippen LogP contribution in [-0.2, 0) is 14.4 Å². The Morgan fingerprint density at radius 1 is 1.29 bits per heavy atom. The predicted octanol–water partition coefficient (Wildman–Crippen LogP) is 2.71. The summed E-state index contributed by atoms with van der Waals surface area (Å²) in [5.41, 5.74) is -0.495. The molecule has 2 rings (SSSR count). The number of carbonyl (C=O) groups excluding carboxylic acids is 3. The molecule has 0 aromatic carbocycles. The molecule has 0 spiro atoms. The average molecular weight is 353 g/mol. The average Bonchev–Trinajstić information content (AvgIpc) is 2.81. The minimum Gasteiger partial charge on any atom is -0.352 e. The van der Waals surface area contributed by atoms with E-state index in [9.17, 15) is 14.4 Å². The van der Waals surface area contributed by atoms with Crippen molar-refractivity contribution in [3.8, 4) is 0 Å². The zero-order chi connectivity index (χ0) is 17.9. The number of nitrogens with zero attached hydrogens (tertiary/aromatic N) is 1. The topological polar surface area (TPSA) is 66.5 Å². The second kappa shape index (κ2) is 7.72. The van der Waals surface area contributed by atoms with Crippen LogP contribution in [0, 0.1) is 11.3 Å². The highest BCUT2D eigenvalue weighted by Crippen LogP contribution is 2.30. The summed E-state index contributed by atoms with van der Waals surface area (Å²) < 4.78 is 0. The van der Waals surface area contributed by atoms with Crippen LogP contribution in [0.25, 0.3) is 0 Å². The van der Waals surface area contributed by atoms with Crippen molar-refractivity contribution < 1.29 is 14.4 Å². The fourth-order valence-corrected chi connectivity index (χ4v) is 3.90. The Balaban J connectivity index is 2.00. The first-order valence-electron chi connectivity index (χ1n) is 8.67. The molecule has 2 aliphatic rings. The van der Waals surface area contributed by atoms with Crippen LogP contribution >= 0.6 is 11.8 Å². The van der Waals surface area contributed by atoms with Crippen molar-refractivity contribution in [3.63, 3.8) is 0 Å². The van der Waals surface area contributed by atoms with Crippen LogP contribution in [0.1, 0.15) is 53.4 Å². The Morgan fingerprint density at radius 3 is 2.58 bits per heavy atom. The predicted molar refractivity (Wildman–Crippen MR) is 96.3 cm³/mol. The van der Waals surface area contributed by atoms with Crippen LogP contribution in [0.4, 0.5) is 0 Å². The summed E-state index contributed by atoms with van der Waals surface area (Å²) in [7, 11) is 0. The molecule has 0 aromatic rings. The lowest BCUT2D eigenvalue weighted by atomic mass is 9.86. The lowest BCUT2D eigenvalue weighted by molar-refractivity contribution is -0.131. The van der Waals surface area contributed by atoms with Gasteiger partial charge in [0.1, 0.15) is 6.54 Å². The number of hydrogen-bond donors (Lipinski definition) is 1. The minimum atomic E-state index is -0.495. The van der Waals surface area contributed by atoms with E-state index in [0.717, 1.165) is 19.3 Å². The highest BCUT2D eigenvalue weighted by atomic mass is 32.2. The van der Waals surface area contributed by atoms with Gasteiger partial charge in [-0.3, -0.25) is 19.3 Å². The van der Waals surface area contributed by atoms with Crippen LogP contribution in [0.3, 0.4) is 0 Å². The fraction of sp³-hybridized carbons (Fsp3) is 0.722. The number of rotatable bonds is 4. The molecule has 1 heterocycles. The SMILES string of the molecule is C[C@@H]1CCCC[C@H]1NC(=O)CN1C(=O)CS/C1=C/C(=O)C(C)(C)C. The Bertz CT molecular complexity index is 551. The molecule has 2 fully saturated rings.